The first-order valence-corrected chi connectivity index (χ1v) is 4.77. The summed E-state index contributed by atoms with van der Waals surface area (Å²) in [5, 5.41) is 3.36. The van der Waals surface area contributed by atoms with E-state index in [1.807, 2.05) is 0 Å². The van der Waals surface area contributed by atoms with Crippen molar-refractivity contribution >= 4 is 0 Å². The third-order valence-corrected chi connectivity index (χ3v) is 3.09. The minimum atomic E-state index is 0.327. The number of morpholine rings is 1. The van der Waals surface area contributed by atoms with E-state index in [0.29, 0.717) is 11.5 Å². The second-order valence-electron chi connectivity index (χ2n) is 3.77. The largest absolute Gasteiger partial charge is 0.380 e. The summed E-state index contributed by atoms with van der Waals surface area (Å²) in [5.74, 6) is 0. The van der Waals surface area contributed by atoms with Crippen LogP contribution in [0, 0.1) is 5.41 Å². The van der Waals surface area contributed by atoms with E-state index >= 15 is 0 Å². The Labute approximate surface area is 73.4 Å². The van der Waals surface area contributed by atoms with Crippen LogP contribution in [0.5, 0.6) is 0 Å². The highest BCUT2D eigenvalue weighted by Crippen LogP contribution is 2.36. The minimum absolute atomic E-state index is 0.327. The molecule has 2 rings (SSSR count). The van der Waals surface area contributed by atoms with Crippen molar-refractivity contribution in [1.82, 2.24) is 5.32 Å². The van der Waals surface area contributed by atoms with Gasteiger partial charge in [0.1, 0.15) is 0 Å². The van der Waals surface area contributed by atoms with Gasteiger partial charge in [0.25, 0.3) is 0 Å². The van der Waals surface area contributed by atoms with Crippen LogP contribution in [0.3, 0.4) is 0 Å². The van der Waals surface area contributed by atoms with Gasteiger partial charge in [0.15, 0.2) is 0 Å². The average Bonchev–Trinajstić information content (AvgIpc) is 2.05. The van der Waals surface area contributed by atoms with E-state index in [0.717, 1.165) is 32.9 Å². The van der Waals surface area contributed by atoms with Crippen molar-refractivity contribution < 1.29 is 9.47 Å². The van der Waals surface area contributed by atoms with Gasteiger partial charge in [-0.3, -0.25) is 0 Å². The molecule has 0 spiro atoms. The number of hydrogen-bond acceptors (Lipinski definition) is 3. The highest BCUT2D eigenvalue weighted by atomic mass is 16.5. The molecule has 12 heavy (non-hydrogen) atoms. The lowest BCUT2D eigenvalue weighted by Gasteiger charge is -2.47. The van der Waals surface area contributed by atoms with E-state index in [1.54, 1.807) is 0 Å². The molecule has 1 atom stereocenters. The highest BCUT2D eigenvalue weighted by Gasteiger charge is 2.45. The van der Waals surface area contributed by atoms with Gasteiger partial charge in [-0.2, -0.15) is 0 Å². The maximum atomic E-state index is 5.73. The lowest BCUT2D eigenvalue weighted by molar-refractivity contribution is -0.193. The van der Waals surface area contributed by atoms with Gasteiger partial charge in [-0.25, -0.2) is 0 Å². The van der Waals surface area contributed by atoms with Gasteiger partial charge in [0.2, 0.25) is 0 Å². The SMILES string of the molecule is CCC1(C2CNCCO2)COC1. The minimum Gasteiger partial charge on any atom is -0.380 e. The molecule has 0 aliphatic carbocycles. The summed E-state index contributed by atoms with van der Waals surface area (Å²) in [6.07, 6.45) is 1.55. The lowest BCUT2D eigenvalue weighted by Crippen LogP contribution is -2.57. The standard InChI is InChI=1S/C9H17NO2/c1-2-9(6-11-7-9)8-5-10-3-4-12-8/h8,10H,2-7H2,1H3. The Balaban J connectivity index is 1.95. The van der Waals surface area contributed by atoms with Crippen LogP contribution in [0.15, 0.2) is 0 Å². The van der Waals surface area contributed by atoms with Crippen molar-refractivity contribution in [3.63, 3.8) is 0 Å². The van der Waals surface area contributed by atoms with Crippen LogP contribution in [0.25, 0.3) is 0 Å². The molecule has 0 aromatic carbocycles. The fourth-order valence-electron chi connectivity index (χ4n) is 1.94. The molecular formula is C9H17NO2. The monoisotopic (exact) mass is 171 g/mol. The predicted octanol–water partition coefficient (Wildman–Crippen LogP) is 0.401. The van der Waals surface area contributed by atoms with E-state index in [9.17, 15) is 0 Å². The Bertz CT molecular complexity index is 145. The summed E-state index contributed by atoms with van der Waals surface area (Å²) in [7, 11) is 0. The maximum absolute atomic E-state index is 5.73. The molecule has 2 aliphatic heterocycles. The molecule has 0 bridgehead atoms. The zero-order valence-electron chi connectivity index (χ0n) is 7.64. The Morgan fingerprint density at radius 2 is 2.33 bits per heavy atom. The van der Waals surface area contributed by atoms with Crippen molar-refractivity contribution in [2.45, 2.75) is 19.4 Å². The molecule has 2 fully saturated rings. The Morgan fingerprint density at radius 3 is 2.75 bits per heavy atom. The van der Waals surface area contributed by atoms with Crippen molar-refractivity contribution in [2.75, 3.05) is 32.9 Å². The van der Waals surface area contributed by atoms with E-state index in [-0.39, 0.29) is 0 Å². The van der Waals surface area contributed by atoms with E-state index in [4.69, 9.17) is 9.47 Å². The van der Waals surface area contributed by atoms with Crippen molar-refractivity contribution in [3.05, 3.63) is 0 Å². The van der Waals surface area contributed by atoms with Gasteiger partial charge >= 0.3 is 0 Å². The van der Waals surface area contributed by atoms with Crippen molar-refractivity contribution in [3.8, 4) is 0 Å². The van der Waals surface area contributed by atoms with Crippen LogP contribution < -0.4 is 5.32 Å². The fourth-order valence-corrected chi connectivity index (χ4v) is 1.94. The summed E-state index contributed by atoms with van der Waals surface area (Å²) >= 11 is 0. The fraction of sp³-hybridized carbons (Fsp3) is 1.00. The van der Waals surface area contributed by atoms with Gasteiger partial charge in [-0.15, -0.1) is 0 Å². The molecule has 1 unspecified atom stereocenters. The molecule has 0 radical (unpaired) electrons. The molecule has 0 aromatic heterocycles. The van der Waals surface area contributed by atoms with Crippen LogP contribution in [-0.4, -0.2) is 39.0 Å². The van der Waals surface area contributed by atoms with E-state index in [2.05, 4.69) is 12.2 Å². The first-order valence-electron chi connectivity index (χ1n) is 4.77. The summed E-state index contributed by atoms with van der Waals surface area (Å²) in [5.41, 5.74) is 0.327. The second-order valence-corrected chi connectivity index (χ2v) is 3.77. The number of ether oxygens (including phenoxy) is 2. The second kappa shape index (κ2) is 3.32. The molecule has 3 nitrogen and oxygen atoms in total. The molecule has 2 saturated heterocycles. The predicted molar refractivity (Wildman–Crippen MR) is 46.2 cm³/mol. The smallest absolute Gasteiger partial charge is 0.0800 e. The first kappa shape index (κ1) is 8.48. The van der Waals surface area contributed by atoms with Crippen LogP contribution in [0.4, 0.5) is 0 Å². The maximum Gasteiger partial charge on any atom is 0.0800 e. The lowest BCUT2D eigenvalue weighted by atomic mass is 9.77. The molecule has 70 valence electrons. The van der Waals surface area contributed by atoms with Crippen molar-refractivity contribution in [2.24, 2.45) is 5.41 Å². The summed E-state index contributed by atoms with van der Waals surface area (Å²) in [6, 6.07) is 0. The van der Waals surface area contributed by atoms with Gasteiger partial charge < -0.3 is 14.8 Å². The van der Waals surface area contributed by atoms with Crippen LogP contribution in [-0.2, 0) is 9.47 Å². The molecule has 1 N–H and O–H groups in total. The number of rotatable bonds is 2. The van der Waals surface area contributed by atoms with Crippen LogP contribution in [0.1, 0.15) is 13.3 Å². The first-order chi connectivity index (χ1) is 5.87. The van der Waals surface area contributed by atoms with E-state index < -0.39 is 0 Å². The molecule has 0 aromatic rings. The molecular weight excluding hydrogens is 154 g/mol. The molecule has 3 heteroatoms. The normalized spacial score (nSPS) is 34.2. The van der Waals surface area contributed by atoms with Gasteiger partial charge in [-0.1, -0.05) is 6.92 Å². The topological polar surface area (TPSA) is 30.5 Å². The Kier molecular flexibility index (Phi) is 2.35. The quantitative estimate of drug-likeness (QED) is 0.652. The molecule has 2 heterocycles. The zero-order valence-corrected chi connectivity index (χ0v) is 7.64. The third-order valence-electron chi connectivity index (χ3n) is 3.09. The summed E-state index contributed by atoms with van der Waals surface area (Å²) in [6.45, 7) is 6.84. The van der Waals surface area contributed by atoms with E-state index in [1.165, 1.54) is 6.42 Å². The van der Waals surface area contributed by atoms with Crippen LogP contribution >= 0.6 is 0 Å². The summed E-state index contributed by atoms with van der Waals surface area (Å²) < 4.78 is 11.0. The van der Waals surface area contributed by atoms with Crippen molar-refractivity contribution in [1.29, 1.82) is 0 Å². The molecule has 2 aliphatic rings. The van der Waals surface area contributed by atoms with Gasteiger partial charge in [0, 0.05) is 18.5 Å². The highest BCUT2D eigenvalue weighted by molar-refractivity contribution is 4.94. The third kappa shape index (κ3) is 1.26. The molecule has 0 saturated carbocycles. The molecule has 0 amide bonds. The Morgan fingerprint density at radius 1 is 1.50 bits per heavy atom. The van der Waals surface area contributed by atoms with Gasteiger partial charge in [0.05, 0.1) is 25.9 Å². The Hall–Kier alpha value is -0.120. The van der Waals surface area contributed by atoms with Crippen LogP contribution in [0.2, 0.25) is 0 Å². The summed E-state index contributed by atoms with van der Waals surface area (Å²) in [4.78, 5) is 0. The van der Waals surface area contributed by atoms with Gasteiger partial charge in [-0.05, 0) is 6.42 Å². The number of hydrogen-bond donors (Lipinski definition) is 1. The average molecular weight is 171 g/mol. The number of nitrogens with one attached hydrogen (secondary N) is 1. The zero-order chi connectivity index (χ0) is 8.44.